The van der Waals surface area contributed by atoms with Gasteiger partial charge in [-0.15, -0.1) is 0 Å². The topological polar surface area (TPSA) is 64.6 Å². The number of hydrogen-bond acceptors (Lipinski definition) is 5. The van der Waals surface area contributed by atoms with Gasteiger partial charge in [0.05, 0.1) is 6.61 Å². The summed E-state index contributed by atoms with van der Waals surface area (Å²) >= 11 is 1.60. The van der Waals surface area contributed by atoms with Gasteiger partial charge in [0.25, 0.3) is 0 Å². The number of ether oxygens (including phenoxy) is 2. The molecule has 0 aromatic rings. The lowest BCUT2D eigenvalue weighted by Crippen LogP contribution is -2.42. The SMILES string of the molecule is C=CCOC(=O)NC(CCSC)C(=O)OCCCC. The van der Waals surface area contributed by atoms with E-state index >= 15 is 0 Å². The quantitative estimate of drug-likeness (QED) is 0.380. The van der Waals surface area contributed by atoms with Crippen molar-refractivity contribution in [2.24, 2.45) is 0 Å². The molecule has 0 aromatic carbocycles. The molecule has 0 radical (unpaired) electrons. The largest absolute Gasteiger partial charge is 0.464 e. The van der Waals surface area contributed by atoms with E-state index in [0.29, 0.717) is 13.0 Å². The first-order valence-corrected chi connectivity index (χ1v) is 7.74. The molecule has 1 N–H and O–H groups in total. The number of carbonyl (C=O) groups is 2. The Hall–Kier alpha value is -1.17. The third-order valence-corrected chi connectivity index (χ3v) is 2.91. The van der Waals surface area contributed by atoms with Crippen molar-refractivity contribution in [3.05, 3.63) is 12.7 Å². The molecule has 0 aliphatic rings. The first kappa shape index (κ1) is 17.8. The molecule has 0 spiro atoms. The summed E-state index contributed by atoms with van der Waals surface area (Å²) in [5.74, 6) is 0.355. The van der Waals surface area contributed by atoms with E-state index in [1.54, 1.807) is 11.8 Å². The van der Waals surface area contributed by atoms with Gasteiger partial charge in [-0.3, -0.25) is 0 Å². The number of carbonyl (C=O) groups excluding carboxylic acids is 2. The average molecular weight is 289 g/mol. The minimum absolute atomic E-state index is 0.117. The van der Waals surface area contributed by atoms with Crippen LogP contribution in [0, 0.1) is 0 Å². The van der Waals surface area contributed by atoms with Gasteiger partial charge in [-0.2, -0.15) is 11.8 Å². The highest BCUT2D eigenvalue weighted by atomic mass is 32.2. The predicted octanol–water partition coefficient (Wildman–Crippen LogP) is 2.36. The second-order valence-electron chi connectivity index (χ2n) is 3.89. The zero-order valence-corrected chi connectivity index (χ0v) is 12.5. The molecule has 0 heterocycles. The minimum atomic E-state index is -0.651. The molecule has 0 aliphatic heterocycles. The molecule has 0 bridgehead atoms. The van der Waals surface area contributed by atoms with Crippen LogP contribution >= 0.6 is 11.8 Å². The summed E-state index contributed by atoms with van der Waals surface area (Å²) in [4.78, 5) is 23.2. The molecular weight excluding hydrogens is 266 g/mol. The van der Waals surface area contributed by atoms with E-state index in [9.17, 15) is 9.59 Å². The van der Waals surface area contributed by atoms with Crippen LogP contribution in [0.2, 0.25) is 0 Å². The normalized spacial score (nSPS) is 11.5. The number of rotatable bonds is 10. The van der Waals surface area contributed by atoms with Gasteiger partial charge in [-0.05, 0) is 24.9 Å². The standard InChI is InChI=1S/C13H23NO4S/c1-4-6-9-17-12(15)11(7-10-19-3)14-13(16)18-8-5-2/h5,11H,2,4,6-10H2,1,3H3,(H,14,16). The van der Waals surface area contributed by atoms with Gasteiger partial charge in [0, 0.05) is 0 Å². The lowest BCUT2D eigenvalue weighted by atomic mass is 10.2. The highest BCUT2D eigenvalue weighted by Gasteiger charge is 2.22. The van der Waals surface area contributed by atoms with Crippen molar-refractivity contribution in [1.29, 1.82) is 0 Å². The van der Waals surface area contributed by atoms with Crippen molar-refractivity contribution < 1.29 is 19.1 Å². The van der Waals surface area contributed by atoms with Crippen molar-refractivity contribution in [3.63, 3.8) is 0 Å². The van der Waals surface area contributed by atoms with Crippen LogP contribution in [-0.2, 0) is 14.3 Å². The van der Waals surface area contributed by atoms with Crippen LogP contribution in [0.3, 0.4) is 0 Å². The van der Waals surface area contributed by atoms with Gasteiger partial charge in [0.2, 0.25) is 0 Å². The summed E-state index contributed by atoms with van der Waals surface area (Å²) < 4.78 is 9.90. The van der Waals surface area contributed by atoms with Gasteiger partial charge in [0.1, 0.15) is 12.6 Å². The molecule has 0 saturated heterocycles. The Balaban J connectivity index is 4.22. The highest BCUT2D eigenvalue weighted by Crippen LogP contribution is 2.04. The van der Waals surface area contributed by atoms with Gasteiger partial charge < -0.3 is 14.8 Å². The van der Waals surface area contributed by atoms with Gasteiger partial charge in [0.15, 0.2) is 0 Å². The average Bonchev–Trinajstić information content (AvgIpc) is 2.41. The minimum Gasteiger partial charge on any atom is -0.464 e. The summed E-state index contributed by atoms with van der Waals surface area (Å²) in [6, 6.07) is -0.651. The van der Waals surface area contributed by atoms with Crippen LogP contribution in [-0.4, -0.2) is 43.3 Å². The van der Waals surface area contributed by atoms with E-state index in [2.05, 4.69) is 11.9 Å². The second kappa shape index (κ2) is 11.9. The fourth-order valence-electron chi connectivity index (χ4n) is 1.22. The van der Waals surface area contributed by atoms with Crippen LogP contribution in [0.15, 0.2) is 12.7 Å². The molecular formula is C13H23NO4S. The molecule has 1 unspecified atom stereocenters. The Bertz CT molecular complexity index is 284. The smallest absolute Gasteiger partial charge is 0.408 e. The highest BCUT2D eigenvalue weighted by molar-refractivity contribution is 7.98. The maximum atomic E-state index is 11.8. The molecule has 0 fully saturated rings. The number of esters is 1. The first-order chi connectivity index (χ1) is 9.15. The molecule has 1 atom stereocenters. The first-order valence-electron chi connectivity index (χ1n) is 6.35. The number of amides is 1. The lowest BCUT2D eigenvalue weighted by Gasteiger charge is -2.16. The summed E-state index contributed by atoms with van der Waals surface area (Å²) in [5, 5.41) is 2.52. The Morgan fingerprint density at radius 1 is 1.42 bits per heavy atom. The second-order valence-corrected chi connectivity index (χ2v) is 4.87. The number of hydrogen-bond donors (Lipinski definition) is 1. The fraction of sp³-hybridized carbons (Fsp3) is 0.692. The van der Waals surface area contributed by atoms with Crippen LogP contribution in [0.1, 0.15) is 26.2 Å². The van der Waals surface area contributed by atoms with E-state index in [-0.39, 0.29) is 6.61 Å². The molecule has 6 heteroatoms. The zero-order chi connectivity index (χ0) is 14.5. The predicted molar refractivity (Wildman–Crippen MR) is 77.3 cm³/mol. The summed E-state index contributed by atoms with van der Waals surface area (Å²) in [7, 11) is 0. The Morgan fingerprint density at radius 3 is 2.74 bits per heavy atom. The van der Waals surface area contributed by atoms with Crippen molar-refractivity contribution in [2.75, 3.05) is 25.2 Å². The molecule has 0 aromatic heterocycles. The van der Waals surface area contributed by atoms with Gasteiger partial charge >= 0.3 is 12.1 Å². The monoisotopic (exact) mass is 289 g/mol. The maximum absolute atomic E-state index is 11.8. The number of nitrogens with one attached hydrogen (secondary N) is 1. The third kappa shape index (κ3) is 9.41. The van der Waals surface area contributed by atoms with Crippen LogP contribution < -0.4 is 5.32 Å². The molecule has 110 valence electrons. The van der Waals surface area contributed by atoms with Crippen molar-refractivity contribution in [2.45, 2.75) is 32.2 Å². The molecule has 5 nitrogen and oxygen atoms in total. The van der Waals surface area contributed by atoms with Crippen LogP contribution in [0.4, 0.5) is 4.79 Å². The Kier molecular flexibility index (Phi) is 11.2. The molecule has 1 amide bonds. The maximum Gasteiger partial charge on any atom is 0.408 e. The van der Waals surface area contributed by atoms with E-state index in [1.165, 1.54) is 6.08 Å². The van der Waals surface area contributed by atoms with Crippen molar-refractivity contribution in [1.82, 2.24) is 5.32 Å². The summed E-state index contributed by atoms with van der Waals surface area (Å²) in [6.45, 7) is 5.96. The molecule has 0 saturated carbocycles. The van der Waals surface area contributed by atoms with E-state index in [4.69, 9.17) is 9.47 Å². The molecule has 0 rings (SSSR count). The Morgan fingerprint density at radius 2 is 2.16 bits per heavy atom. The van der Waals surface area contributed by atoms with Gasteiger partial charge in [-0.25, -0.2) is 9.59 Å². The van der Waals surface area contributed by atoms with E-state index < -0.39 is 18.1 Å². The fourth-order valence-corrected chi connectivity index (χ4v) is 1.69. The molecule has 0 aliphatic carbocycles. The van der Waals surface area contributed by atoms with E-state index in [1.807, 2.05) is 13.2 Å². The Labute approximate surface area is 119 Å². The van der Waals surface area contributed by atoms with Crippen LogP contribution in [0.5, 0.6) is 0 Å². The summed E-state index contributed by atoms with van der Waals surface area (Å²) in [6.07, 6.45) is 5.08. The number of alkyl carbamates (subject to hydrolysis) is 1. The zero-order valence-electron chi connectivity index (χ0n) is 11.6. The number of thioether (sulfide) groups is 1. The molecule has 19 heavy (non-hydrogen) atoms. The van der Waals surface area contributed by atoms with Crippen molar-refractivity contribution in [3.8, 4) is 0 Å². The summed E-state index contributed by atoms with van der Waals surface area (Å²) in [5.41, 5.74) is 0. The third-order valence-electron chi connectivity index (χ3n) is 2.26. The number of unbranched alkanes of at least 4 members (excludes halogenated alkanes) is 1. The van der Waals surface area contributed by atoms with Gasteiger partial charge in [-0.1, -0.05) is 26.0 Å². The van der Waals surface area contributed by atoms with E-state index in [0.717, 1.165) is 18.6 Å². The lowest BCUT2D eigenvalue weighted by molar-refractivity contribution is -0.146. The van der Waals surface area contributed by atoms with Crippen LogP contribution in [0.25, 0.3) is 0 Å². The van der Waals surface area contributed by atoms with Crippen molar-refractivity contribution >= 4 is 23.8 Å².